The molecule has 0 aliphatic carbocycles. The van der Waals surface area contributed by atoms with Crippen molar-refractivity contribution in [2.75, 3.05) is 0 Å². The molecule has 0 saturated heterocycles. The molecule has 0 fully saturated rings. The molecule has 0 unspecified atom stereocenters. The molecule has 3 rings (SSSR count). The van der Waals surface area contributed by atoms with Crippen LogP contribution in [0.15, 0.2) is 18.5 Å². The molecule has 0 aliphatic heterocycles. The van der Waals surface area contributed by atoms with Crippen molar-refractivity contribution in [1.29, 1.82) is 0 Å². The number of aromatic nitrogens is 7. The van der Waals surface area contributed by atoms with Crippen LogP contribution < -0.4 is 0 Å². The summed E-state index contributed by atoms with van der Waals surface area (Å²) < 4.78 is 6.05. The lowest BCUT2D eigenvalue weighted by molar-refractivity contribution is 0.638. The zero-order chi connectivity index (χ0) is 14.3. The Kier molecular flexibility index (Phi) is 3.01. The zero-order valence-corrected chi connectivity index (χ0v) is 12.3. The Morgan fingerprint density at radius 2 is 2.10 bits per heavy atom. The highest BCUT2D eigenvalue weighted by atomic mass is 32.1. The lowest BCUT2D eigenvalue weighted by atomic mass is 10.4. The molecule has 0 spiro atoms. The maximum absolute atomic E-state index is 5.32. The molecule has 0 bridgehead atoms. The summed E-state index contributed by atoms with van der Waals surface area (Å²) in [5, 5.41) is 15.8. The first kappa shape index (κ1) is 12.8. The summed E-state index contributed by atoms with van der Waals surface area (Å²) >= 11 is 5.32. The maximum atomic E-state index is 5.32. The molecule has 20 heavy (non-hydrogen) atoms. The van der Waals surface area contributed by atoms with Gasteiger partial charge < -0.3 is 0 Å². The Morgan fingerprint density at radius 1 is 1.30 bits per heavy atom. The highest BCUT2D eigenvalue weighted by Crippen LogP contribution is 2.15. The van der Waals surface area contributed by atoms with Crippen LogP contribution >= 0.6 is 12.2 Å². The molecule has 0 saturated carbocycles. The monoisotopic (exact) mass is 289 g/mol. The van der Waals surface area contributed by atoms with E-state index in [0.717, 1.165) is 22.9 Å². The summed E-state index contributed by atoms with van der Waals surface area (Å²) in [6.45, 7) is 4.46. The number of rotatable bonds is 3. The number of H-pyrrole nitrogens is 1. The second-order valence-electron chi connectivity index (χ2n) is 4.71. The third-order valence-electron chi connectivity index (χ3n) is 3.05. The normalized spacial score (nSPS) is 11.2. The van der Waals surface area contributed by atoms with Crippen LogP contribution in [-0.2, 0) is 13.6 Å². The molecule has 3 aromatic heterocycles. The predicted molar refractivity (Wildman–Crippen MR) is 76.3 cm³/mol. The topological polar surface area (TPSA) is 69.2 Å². The van der Waals surface area contributed by atoms with E-state index in [1.165, 1.54) is 0 Å². The van der Waals surface area contributed by atoms with Crippen molar-refractivity contribution < 1.29 is 0 Å². The highest BCUT2D eigenvalue weighted by Gasteiger charge is 2.13. The average molecular weight is 289 g/mol. The molecule has 104 valence electrons. The van der Waals surface area contributed by atoms with E-state index in [-0.39, 0.29) is 0 Å². The summed E-state index contributed by atoms with van der Waals surface area (Å²) in [7, 11) is 1.89. The first-order valence-corrected chi connectivity index (χ1v) is 6.62. The van der Waals surface area contributed by atoms with E-state index in [0.29, 0.717) is 11.3 Å². The fourth-order valence-electron chi connectivity index (χ4n) is 2.19. The van der Waals surface area contributed by atoms with Crippen molar-refractivity contribution in [2.45, 2.75) is 20.4 Å². The molecule has 0 aromatic carbocycles. The van der Waals surface area contributed by atoms with Crippen LogP contribution in [0.4, 0.5) is 0 Å². The molecule has 8 heteroatoms. The van der Waals surface area contributed by atoms with E-state index in [1.807, 2.05) is 48.6 Å². The molecule has 0 radical (unpaired) electrons. The number of hydrogen-bond acceptors (Lipinski definition) is 4. The Bertz CT molecular complexity index is 804. The van der Waals surface area contributed by atoms with Crippen molar-refractivity contribution >= 4 is 12.2 Å². The van der Waals surface area contributed by atoms with Gasteiger partial charge >= 0.3 is 0 Å². The van der Waals surface area contributed by atoms with E-state index >= 15 is 0 Å². The third-order valence-corrected chi connectivity index (χ3v) is 3.32. The summed E-state index contributed by atoms with van der Waals surface area (Å²) in [4.78, 5) is 0. The van der Waals surface area contributed by atoms with Crippen molar-refractivity contribution in [1.82, 2.24) is 34.3 Å². The minimum Gasteiger partial charge on any atom is -0.273 e. The lowest BCUT2D eigenvalue weighted by Gasteiger charge is -2.05. The number of hydrogen-bond donors (Lipinski definition) is 1. The van der Waals surface area contributed by atoms with Gasteiger partial charge in [0.25, 0.3) is 0 Å². The van der Waals surface area contributed by atoms with Gasteiger partial charge in [-0.2, -0.15) is 15.3 Å². The molecule has 0 atom stereocenters. The summed E-state index contributed by atoms with van der Waals surface area (Å²) in [5.74, 6) is 0.800. The number of aryl methyl sites for hydroxylation is 3. The minimum absolute atomic E-state index is 0.551. The minimum atomic E-state index is 0.551. The van der Waals surface area contributed by atoms with E-state index in [1.54, 1.807) is 4.68 Å². The van der Waals surface area contributed by atoms with E-state index in [9.17, 15) is 0 Å². The van der Waals surface area contributed by atoms with Gasteiger partial charge in [0.15, 0.2) is 10.6 Å². The molecule has 0 aliphatic rings. The van der Waals surface area contributed by atoms with Crippen molar-refractivity contribution in [3.8, 4) is 5.69 Å². The van der Waals surface area contributed by atoms with Gasteiger partial charge in [-0.25, -0.2) is 0 Å². The van der Waals surface area contributed by atoms with Crippen LogP contribution in [0.3, 0.4) is 0 Å². The van der Waals surface area contributed by atoms with Crippen LogP contribution in [0.1, 0.15) is 17.2 Å². The van der Waals surface area contributed by atoms with Gasteiger partial charge in [-0.05, 0) is 32.1 Å². The van der Waals surface area contributed by atoms with Crippen molar-refractivity contribution in [2.24, 2.45) is 7.05 Å². The van der Waals surface area contributed by atoms with Crippen molar-refractivity contribution in [3.05, 3.63) is 40.4 Å². The van der Waals surface area contributed by atoms with Crippen LogP contribution in [0.2, 0.25) is 0 Å². The molecule has 1 N–H and O–H groups in total. The number of nitrogens with zero attached hydrogens (tertiary/aromatic N) is 6. The van der Waals surface area contributed by atoms with Gasteiger partial charge in [0.05, 0.1) is 17.1 Å². The molecule has 3 heterocycles. The first-order chi connectivity index (χ1) is 9.54. The number of aromatic amines is 1. The predicted octanol–water partition coefficient (Wildman–Crippen LogP) is 1.53. The van der Waals surface area contributed by atoms with Crippen LogP contribution in [0, 0.1) is 18.6 Å². The molecule has 7 nitrogen and oxygen atoms in total. The molecule has 0 amide bonds. The number of nitrogens with one attached hydrogen (secondary N) is 1. The van der Waals surface area contributed by atoms with Gasteiger partial charge in [-0.1, -0.05) is 0 Å². The van der Waals surface area contributed by atoms with E-state index < -0.39 is 0 Å². The Morgan fingerprint density at radius 3 is 2.70 bits per heavy atom. The highest BCUT2D eigenvalue weighted by molar-refractivity contribution is 7.71. The third kappa shape index (κ3) is 2.18. The second-order valence-corrected chi connectivity index (χ2v) is 5.10. The zero-order valence-electron chi connectivity index (χ0n) is 11.5. The summed E-state index contributed by atoms with van der Waals surface area (Å²) in [6, 6.07) is 1.96. The Hall–Kier alpha value is -2.22. The molecular formula is C12H15N7S. The molecular weight excluding hydrogens is 274 g/mol. The average Bonchev–Trinajstić information content (AvgIpc) is 3.02. The van der Waals surface area contributed by atoms with Gasteiger partial charge in [0, 0.05) is 19.4 Å². The van der Waals surface area contributed by atoms with Crippen molar-refractivity contribution in [3.63, 3.8) is 0 Å². The molecule has 3 aromatic rings. The smallest absolute Gasteiger partial charge is 0.200 e. The van der Waals surface area contributed by atoms with E-state index in [2.05, 4.69) is 20.4 Å². The first-order valence-electron chi connectivity index (χ1n) is 6.21. The quantitative estimate of drug-likeness (QED) is 0.742. The van der Waals surface area contributed by atoms with Crippen LogP contribution in [-0.4, -0.2) is 34.3 Å². The summed E-state index contributed by atoms with van der Waals surface area (Å²) in [5.41, 5.74) is 2.82. The fourth-order valence-corrected chi connectivity index (χ4v) is 2.44. The lowest BCUT2D eigenvalue weighted by Crippen LogP contribution is -2.08. The maximum Gasteiger partial charge on any atom is 0.200 e. The fraction of sp³-hybridized carbons (Fsp3) is 0.333. The van der Waals surface area contributed by atoms with Crippen LogP contribution in [0.5, 0.6) is 0 Å². The SMILES string of the molecule is Cc1ccn(Cc2n[nH]c(=S)n2-c2cn(C)nc2C)n1. The van der Waals surface area contributed by atoms with Crippen LogP contribution in [0.25, 0.3) is 5.69 Å². The second kappa shape index (κ2) is 4.71. The van der Waals surface area contributed by atoms with Gasteiger partial charge in [-0.15, -0.1) is 0 Å². The standard InChI is InChI=1S/C12H15N7S/c1-8-4-5-18(15-8)7-11-13-14-12(20)19(11)10-6-17(3)16-9(10)2/h4-6H,7H2,1-3H3,(H,14,20). The largest absolute Gasteiger partial charge is 0.273 e. The van der Waals surface area contributed by atoms with E-state index in [4.69, 9.17) is 12.2 Å². The van der Waals surface area contributed by atoms with Gasteiger partial charge in [0.2, 0.25) is 0 Å². The van der Waals surface area contributed by atoms with Gasteiger partial charge in [0.1, 0.15) is 6.54 Å². The van der Waals surface area contributed by atoms with Gasteiger partial charge in [-0.3, -0.25) is 19.0 Å². The Balaban J connectivity index is 2.06. The Labute approximate surface area is 120 Å². The summed E-state index contributed by atoms with van der Waals surface area (Å²) in [6.07, 6.45) is 3.85.